The van der Waals surface area contributed by atoms with Gasteiger partial charge in [-0.05, 0) is 12.0 Å². The third kappa shape index (κ3) is 4.10. The van der Waals surface area contributed by atoms with Crippen molar-refractivity contribution in [3.63, 3.8) is 0 Å². The maximum Gasteiger partial charge on any atom is 0.234 e. The third-order valence-electron chi connectivity index (χ3n) is 2.16. The molecule has 1 unspecified atom stereocenters. The van der Waals surface area contributed by atoms with Crippen molar-refractivity contribution < 1.29 is 4.79 Å². The van der Waals surface area contributed by atoms with Crippen LogP contribution in [0.25, 0.3) is 0 Å². The highest BCUT2D eigenvalue weighted by molar-refractivity contribution is 5.78. The van der Waals surface area contributed by atoms with Crippen LogP contribution in [0.15, 0.2) is 30.3 Å². The standard InChI is InChI=1S/C11H17N3O/c12-7-10(14-11(15)8-13)6-9-4-2-1-3-5-9/h1-5,10H,6-8,12-13H2,(H,14,15). The summed E-state index contributed by atoms with van der Waals surface area (Å²) in [5.41, 5.74) is 11.9. The highest BCUT2D eigenvalue weighted by Gasteiger charge is 2.09. The number of carbonyl (C=O) groups is 1. The molecule has 0 aliphatic rings. The molecule has 0 aliphatic heterocycles. The maximum absolute atomic E-state index is 11.1. The second kappa shape index (κ2) is 6.16. The van der Waals surface area contributed by atoms with Gasteiger partial charge in [-0.15, -0.1) is 0 Å². The summed E-state index contributed by atoms with van der Waals surface area (Å²) in [6.45, 7) is 0.423. The van der Waals surface area contributed by atoms with Crippen LogP contribution in [-0.2, 0) is 11.2 Å². The van der Waals surface area contributed by atoms with Crippen LogP contribution in [-0.4, -0.2) is 25.0 Å². The molecule has 4 heteroatoms. The van der Waals surface area contributed by atoms with Crippen molar-refractivity contribution in [2.45, 2.75) is 12.5 Å². The molecule has 1 atom stereocenters. The molecule has 5 N–H and O–H groups in total. The fraction of sp³-hybridized carbons (Fsp3) is 0.364. The van der Waals surface area contributed by atoms with Crippen LogP contribution >= 0.6 is 0 Å². The van der Waals surface area contributed by atoms with E-state index in [9.17, 15) is 4.79 Å². The molecule has 0 fully saturated rings. The first-order valence-electron chi connectivity index (χ1n) is 4.99. The molecular formula is C11H17N3O. The summed E-state index contributed by atoms with van der Waals surface area (Å²) < 4.78 is 0. The molecular weight excluding hydrogens is 190 g/mol. The van der Waals surface area contributed by atoms with Gasteiger partial charge in [0.2, 0.25) is 5.91 Å². The van der Waals surface area contributed by atoms with Gasteiger partial charge in [-0.1, -0.05) is 30.3 Å². The zero-order chi connectivity index (χ0) is 11.1. The average Bonchev–Trinajstić information content (AvgIpc) is 2.29. The second-order valence-corrected chi connectivity index (χ2v) is 3.39. The van der Waals surface area contributed by atoms with E-state index in [1.165, 1.54) is 0 Å². The molecule has 1 rings (SSSR count). The van der Waals surface area contributed by atoms with Crippen molar-refractivity contribution in [3.05, 3.63) is 35.9 Å². The lowest BCUT2D eigenvalue weighted by atomic mass is 10.1. The lowest BCUT2D eigenvalue weighted by Crippen LogP contribution is -2.44. The molecule has 0 radical (unpaired) electrons. The summed E-state index contributed by atoms with van der Waals surface area (Å²) in [4.78, 5) is 11.1. The largest absolute Gasteiger partial charge is 0.351 e. The normalized spacial score (nSPS) is 12.1. The average molecular weight is 207 g/mol. The first-order valence-corrected chi connectivity index (χ1v) is 4.99. The van der Waals surface area contributed by atoms with E-state index in [0.717, 1.165) is 12.0 Å². The van der Waals surface area contributed by atoms with E-state index in [0.29, 0.717) is 6.54 Å². The van der Waals surface area contributed by atoms with Crippen LogP contribution in [0.3, 0.4) is 0 Å². The van der Waals surface area contributed by atoms with Gasteiger partial charge < -0.3 is 16.8 Å². The van der Waals surface area contributed by atoms with E-state index in [1.54, 1.807) is 0 Å². The molecule has 0 aliphatic carbocycles. The van der Waals surface area contributed by atoms with Gasteiger partial charge in [-0.25, -0.2) is 0 Å². The fourth-order valence-electron chi connectivity index (χ4n) is 1.38. The van der Waals surface area contributed by atoms with Gasteiger partial charge in [0.25, 0.3) is 0 Å². The molecule has 82 valence electrons. The van der Waals surface area contributed by atoms with Gasteiger partial charge in [-0.3, -0.25) is 4.79 Å². The van der Waals surface area contributed by atoms with Gasteiger partial charge >= 0.3 is 0 Å². The zero-order valence-electron chi connectivity index (χ0n) is 8.65. The van der Waals surface area contributed by atoms with Crippen molar-refractivity contribution in [2.24, 2.45) is 11.5 Å². The van der Waals surface area contributed by atoms with Gasteiger partial charge in [-0.2, -0.15) is 0 Å². The van der Waals surface area contributed by atoms with E-state index in [-0.39, 0.29) is 18.5 Å². The van der Waals surface area contributed by atoms with Gasteiger partial charge in [0.15, 0.2) is 0 Å². The van der Waals surface area contributed by atoms with Gasteiger partial charge in [0.1, 0.15) is 0 Å². The molecule has 15 heavy (non-hydrogen) atoms. The summed E-state index contributed by atoms with van der Waals surface area (Å²) >= 11 is 0. The van der Waals surface area contributed by atoms with E-state index in [1.807, 2.05) is 30.3 Å². The molecule has 0 saturated carbocycles. The van der Waals surface area contributed by atoms with Crippen molar-refractivity contribution >= 4 is 5.91 Å². The molecule has 1 aromatic carbocycles. The van der Waals surface area contributed by atoms with Crippen molar-refractivity contribution in [2.75, 3.05) is 13.1 Å². The smallest absolute Gasteiger partial charge is 0.234 e. The summed E-state index contributed by atoms with van der Waals surface area (Å²) in [5, 5.41) is 2.78. The predicted molar refractivity (Wildman–Crippen MR) is 60.2 cm³/mol. The van der Waals surface area contributed by atoms with Crippen molar-refractivity contribution in [1.29, 1.82) is 0 Å². The Kier molecular flexibility index (Phi) is 4.80. The number of benzene rings is 1. The highest BCUT2D eigenvalue weighted by Crippen LogP contribution is 2.02. The molecule has 0 aromatic heterocycles. The topological polar surface area (TPSA) is 81.1 Å². The summed E-state index contributed by atoms with van der Waals surface area (Å²) in [6.07, 6.45) is 0.739. The number of amides is 1. The molecule has 0 saturated heterocycles. The Balaban J connectivity index is 2.50. The van der Waals surface area contributed by atoms with Crippen LogP contribution in [0, 0.1) is 0 Å². The number of hydrogen-bond acceptors (Lipinski definition) is 3. The highest BCUT2D eigenvalue weighted by atomic mass is 16.1. The molecule has 0 heterocycles. The third-order valence-corrected chi connectivity index (χ3v) is 2.16. The SMILES string of the molecule is NCC(=O)NC(CN)Cc1ccccc1. The second-order valence-electron chi connectivity index (χ2n) is 3.39. The molecule has 1 aromatic rings. The Morgan fingerprint density at radius 3 is 2.47 bits per heavy atom. The monoisotopic (exact) mass is 207 g/mol. The number of carbonyl (C=O) groups excluding carboxylic acids is 1. The minimum absolute atomic E-state index is 0.00525. The predicted octanol–water partition coefficient (Wildman–Crippen LogP) is -0.369. The summed E-state index contributed by atoms with van der Waals surface area (Å²) in [7, 11) is 0. The first-order chi connectivity index (χ1) is 7.26. The number of nitrogens with one attached hydrogen (secondary N) is 1. The Bertz CT molecular complexity index is 300. The molecule has 0 spiro atoms. The molecule has 4 nitrogen and oxygen atoms in total. The summed E-state index contributed by atoms with van der Waals surface area (Å²) in [5.74, 6) is -0.165. The van der Waals surface area contributed by atoms with Crippen LogP contribution in [0.5, 0.6) is 0 Å². The van der Waals surface area contributed by atoms with Crippen LogP contribution in [0.4, 0.5) is 0 Å². The number of hydrogen-bond donors (Lipinski definition) is 3. The van der Waals surface area contributed by atoms with E-state index in [2.05, 4.69) is 5.32 Å². The lowest BCUT2D eigenvalue weighted by Gasteiger charge is -2.16. The van der Waals surface area contributed by atoms with E-state index < -0.39 is 0 Å². The van der Waals surface area contributed by atoms with Gasteiger partial charge in [0, 0.05) is 12.6 Å². The number of rotatable bonds is 5. The van der Waals surface area contributed by atoms with E-state index >= 15 is 0 Å². The molecule has 0 bridgehead atoms. The van der Waals surface area contributed by atoms with Crippen LogP contribution < -0.4 is 16.8 Å². The lowest BCUT2D eigenvalue weighted by molar-refractivity contribution is -0.120. The van der Waals surface area contributed by atoms with Crippen LogP contribution in [0.2, 0.25) is 0 Å². The minimum Gasteiger partial charge on any atom is -0.351 e. The van der Waals surface area contributed by atoms with Crippen LogP contribution in [0.1, 0.15) is 5.56 Å². The Labute approximate surface area is 89.6 Å². The summed E-state index contributed by atoms with van der Waals surface area (Å²) in [6, 6.07) is 9.87. The van der Waals surface area contributed by atoms with Crippen molar-refractivity contribution in [1.82, 2.24) is 5.32 Å². The molecule has 1 amide bonds. The first kappa shape index (κ1) is 11.7. The van der Waals surface area contributed by atoms with E-state index in [4.69, 9.17) is 11.5 Å². The Hall–Kier alpha value is -1.39. The van der Waals surface area contributed by atoms with Gasteiger partial charge in [0.05, 0.1) is 6.54 Å². The quantitative estimate of drug-likeness (QED) is 0.616. The maximum atomic E-state index is 11.1. The van der Waals surface area contributed by atoms with Crippen molar-refractivity contribution in [3.8, 4) is 0 Å². The number of nitrogens with two attached hydrogens (primary N) is 2. The Morgan fingerprint density at radius 2 is 1.93 bits per heavy atom. The zero-order valence-corrected chi connectivity index (χ0v) is 8.65. The Morgan fingerprint density at radius 1 is 1.27 bits per heavy atom. The fourth-order valence-corrected chi connectivity index (χ4v) is 1.38. The minimum atomic E-state index is -0.165.